The maximum absolute atomic E-state index is 12.8. The lowest BCUT2D eigenvalue weighted by molar-refractivity contribution is -0.120. The highest BCUT2D eigenvalue weighted by molar-refractivity contribution is 6.30. The number of nitrogens with one attached hydrogen (secondary N) is 1. The van der Waals surface area contributed by atoms with Gasteiger partial charge < -0.3 is 5.32 Å². The highest BCUT2D eigenvalue weighted by Gasteiger charge is 2.14. The summed E-state index contributed by atoms with van der Waals surface area (Å²) in [7, 11) is 0. The maximum Gasteiger partial charge on any atom is 0.270 e. The average Bonchev–Trinajstić information content (AvgIpc) is 2.75. The maximum atomic E-state index is 12.8. The number of carbonyl (C=O) groups excluding carboxylic acids is 1. The first-order valence-electron chi connectivity index (χ1n) is 9.38. The molecule has 0 spiro atoms. The third-order valence-corrected chi connectivity index (χ3v) is 4.90. The first-order valence-corrected chi connectivity index (χ1v) is 9.76. The summed E-state index contributed by atoms with van der Waals surface area (Å²) in [6.07, 6.45) is 3.79. The van der Waals surface area contributed by atoms with Crippen molar-refractivity contribution in [3.8, 4) is 6.07 Å². The molecule has 7 nitrogen and oxygen atoms in total. The van der Waals surface area contributed by atoms with E-state index < -0.39 is 0 Å². The Kier molecular flexibility index (Phi) is 6.94. The first-order chi connectivity index (χ1) is 14.5. The lowest BCUT2D eigenvalue weighted by Gasteiger charge is -2.11. The normalized spacial score (nSPS) is 10.4. The molecule has 0 saturated heterocycles. The molecular formula is C22H20ClN5O2. The van der Waals surface area contributed by atoms with Crippen molar-refractivity contribution in [2.75, 3.05) is 0 Å². The second-order valence-corrected chi connectivity index (χ2v) is 7.21. The number of nitriles is 1. The van der Waals surface area contributed by atoms with Crippen molar-refractivity contribution in [1.82, 2.24) is 20.1 Å². The molecule has 0 radical (unpaired) electrons. The van der Waals surface area contributed by atoms with Crippen LogP contribution in [0.25, 0.3) is 0 Å². The summed E-state index contributed by atoms with van der Waals surface area (Å²) >= 11 is 5.97. The van der Waals surface area contributed by atoms with E-state index >= 15 is 0 Å². The smallest absolute Gasteiger partial charge is 0.270 e. The Morgan fingerprint density at radius 3 is 2.87 bits per heavy atom. The van der Waals surface area contributed by atoms with Crippen LogP contribution >= 0.6 is 11.6 Å². The molecule has 0 atom stereocenters. The molecule has 2 heterocycles. The van der Waals surface area contributed by atoms with E-state index in [-0.39, 0.29) is 24.4 Å². The van der Waals surface area contributed by atoms with Gasteiger partial charge >= 0.3 is 0 Å². The molecule has 8 heteroatoms. The Morgan fingerprint density at radius 1 is 1.30 bits per heavy atom. The minimum Gasteiger partial charge on any atom is -0.352 e. The van der Waals surface area contributed by atoms with Crippen LogP contribution in [0.5, 0.6) is 0 Å². The zero-order valence-corrected chi connectivity index (χ0v) is 17.2. The first kappa shape index (κ1) is 21.2. The van der Waals surface area contributed by atoms with E-state index in [2.05, 4.69) is 21.5 Å². The van der Waals surface area contributed by atoms with E-state index in [1.54, 1.807) is 37.5 Å². The highest BCUT2D eigenvalue weighted by atomic mass is 35.5. The summed E-state index contributed by atoms with van der Waals surface area (Å²) in [6.45, 7) is 2.28. The molecule has 3 aromatic rings. The van der Waals surface area contributed by atoms with Gasteiger partial charge in [0.1, 0.15) is 0 Å². The fourth-order valence-corrected chi connectivity index (χ4v) is 3.18. The van der Waals surface area contributed by atoms with Crippen LogP contribution < -0.4 is 10.9 Å². The predicted molar refractivity (Wildman–Crippen MR) is 113 cm³/mol. The minimum absolute atomic E-state index is 0.0702. The zero-order valence-electron chi connectivity index (χ0n) is 16.4. The monoisotopic (exact) mass is 421 g/mol. The number of pyridine rings is 1. The van der Waals surface area contributed by atoms with Crippen molar-refractivity contribution in [3.63, 3.8) is 0 Å². The number of rotatable bonds is 7. The summed E-state index contributed by atoms with van der Waals surface area (Å²) in [5.41, 5.74) is 2.69. The van der Waals surface area contributed by atoms with Crippen LogP contribution in [0, 0.1) is 18.3 Å². The number of benzene rings is 1. The number of halogens is 1. The second-order valence-electron chi connectivity index (χ2n) is 6.77. The van der Waals surface area contributed by atoms with Crippen LogP contribution in [0.1, 0.15) is 27.9 Å². The summed E-state index contributed by atoms with van der Waals surface area (Å²) in [5, 5.41) is 16.6. The standard InChI is InChI=1S/C22H20ClN5O2/c1-15-13-27-28(9-7-19-4-2-3-8-25-19)22(30)20(15)11-21(29)26-14-17-10-18(23)6-5-16(17)12-24/h2-6,8,10,13H,7,9,11,14H2,1H3,(H,26,29). The molecule has 30 heavy (non-hydrogen) atoms. The van der Waals surface area contributed by atoms with Gasteiger partial charge in [0.05, 0.1) is 30.8 Å². The minimum atomic E-state index is -0.318. The van der Waals surface area contributed by atoms with Gasteiger partial charge in [-0.2, -0.15) is 10.4 Å². The molecule has 0 unspecified atom stereocenters. The van der Waals surface area contributed by atoms with Gasteiger partial charge in [-0.05, 0) is 48.4 Å². The molecule has 152 valence electrons. The topological polar surface area (TPSA) is 101 Å². The van der Waals surface area contributed by atoms with Crippen molar-refractivity contribution >= 4 is 17.5 Å². The Labute approximate surface area is 179 Å². The molecule has 0 aliphatic carbocycles. The van der Waals surface area contributed by atoms with E-state index in [9.17, 15) is 14.9 Å². The van der Waals surface area contributed by atoms with Crippen molar-refractivity contribution in [2.24, 2.45) is 0 Å². The van der Waals surface area contributed by atoms with Gasteiger partial charge in [0.25, 0.3) is 5.56 Å². The summed E-state index contributed by atoms with van der Waals surface area (Å²) in [5.74, 6) is -0.318. The molecule has 1 aromatic carbocycles. The number of aromatic nitrogens is 3. The van der Waals surface area contributed by atoms with Crippen LogP contribution in [0.2, 0.25) is 5.02 Å². The van der Waals surface area contributed by atoms with Gasteiger partial charge in [0.2, 0.25) is 5.91 Å². The molecule has 0 fully saturated rings. The van der Waals surface area contributed by atoms with Gasteiger partial charge in [-0.15, -0.1) is 0 Å². The van der Waals surface area contributed by atoms with E-state index in [1.165, 1.54) is 4.68 Å². The second kappa shape index (κ2) is 9.81. The molecule has 0 saturated carbocycles. The molecule has 0 aliphatic rings. The fraction of sp³-hybridized carbons (Fsp3) is 0.227. The zero-order chi connectivity index (χ0) is 21.5. The third kappa shape index (κ3) is 5.31. The largest absolute Gasteiger partial charge is 0.352 e. The molecule has 2 aromatic heterocycles. The van der Waals surface area contributed by atoms with Crippen molar-refractivity contribution in [1.29, 1.82) is 5.26 Å². The SMILES string of the molecule is Cc1cnn(CCc2ccccn2)c(=O)c1CC(=O)NCc1cc(Cl)ccc1C#N. The molecule has 1 N–H and O–H groups in total. The Morgan fingerprint density at radius 2 is 2.13 bits per heavy atom. The number of hydrogen-bond acceptors (Lipinski definition) is 5. The van der Waals surface area contributed by atoms with Crippen LogP contribution in [0.15, 0.2) is 53.6 Å². The molecule has 1 amide bonds. The number of hydrogen-bond donors (Lipinski definition) is 1. The molecular weight excluding hydrogens is 402 g/mol. The number of aryl methyl sites for hydroxylation is 3. The molecule has 0 bridgehead atoms. The van der Waals surface area contributed by atoms with Gasteiger partial charge in [-0.1, -0.05) is 17.7 Å². The lowest BCUT2D eigenvalue weighted by atomic mass is 10.1. The van der Waals surface area contributed by atoms with Gasteiger partial charge in [0, 0.05) is 35.4 Å². The highest BCUT2D eigenvalue weighted by Crippen LogP contribution is 2.15. The van der Waals surface area contributed by atoms with E-state index in [1.807, 2.05) is 18.2 Å². The van der Waals surface area contributed by atoms with Crippen LogP contribution in [-0.2, 0) is 30.7 Å². The average molecular weight is 422 g/mol. The van der Waals surface area contributed by atoms with E-state index in [4.69, 9.17) is 11.6 Å². The summed E-state index contributed by atoms with van der Waals surface area (Å²) in [6, 6.07) is 12.6. The van der Waals surface area contributed by atoms with Crippen LogP contribution in [0.3, 0.4) is 0 Å². The van der Waals surface area contributed by atoms with E-state index in [0.717, 1.165) is 5.69 Å². The number of carbonyl (C=O) groups is 1. The summed E-state index contributed by atoms with van der Waals surface area (Å²) in [4.78, 5) is 29.5. The Balaban J connectivity index is 1.68. The van der Waals surface area contributed by atoms with Gasteiger partial charge in [0.15, 0.2) is 0 Å². The van der Waals surface area contributed by atoms with E-state index in [0.29, 0.717) is 40.2 Å². The van der Waals surface area contributed by atoms with Gasteiger partial charge in [-0.25, -0.2) is 4.68 Å². The fourth-order valence-electron chi connectivity index (χ4n) is 2.99. The third-order valence-electron chi connectivity index (χ3n) is 4.67. The molecule has 3 rings (SSSR count). The number of nitrogens with zero attached hydrogens (tertiary/aromatic N) is 4. The van der Waals surface area contributed by atoms with Crippen molar-refractivity contribution < 1.29 is 4.79 Å². The van der Waals surface area contributed by atoms with Crippen molar-refractivity contribution in [2.45, 2.75) is 32.9 Å². The summed E-state index contributed by atoms with van der Waals surface area (Å²) < 4.78 is 1.36. The quantitative estimate of drug-likeness (QED) is 0.631. The molecule has 0 aliphatic heterocycles. The van der Waals surface area contributed by atoms with Crippen molar-refractivity contribution in [3.05, 3.63) is 92.1 Å². The Hall–Kier alpha value is -3.50. The van der Waals surface area contributed by atoms with Crippen LogP contribution in [-0.4, -0.2) is 20.7 Å². The van der Waals surface area contributed by atoms with Gasteiger partial charge in [-0.3, -0.25) is 14.6 Å². The van der Waals surface area contributed by atoms with Crippen LogP contribution in [0.4, 0.5) is 0 Å². The predicted octanol–water partition coefficient (Wildman–Crippen LogP) is 2.57. The lowest BCUT2D eigenvalue weighted by Crippen LogP contribution is -2.32. The Bertz CT molecular complexity index is 1150. The number of amides is 1.